The summed E-state index contributed by atoms with van der Waals surface area (Å²) in [6.07, 6.45) is -0.149. The molecule has 31 heavy (non-hydrogen) atoms. The zero-order valence-electron chi connectivity index (χ0n) is 17.7. The molecule has 162 valence electrons. The number of methoxy groups -OCH3 is 3. The van der Waals surface area contributed by atoms with E-state index < -0.39 is 0 Å². The second kappa shape index (κ2) is 8.73. The fourth-order valence-corrected chi connectivity index (χ4v) is 4.26. The molecule has 0 saturated heterocycles. The lowest BCUT2D eigenvalue weighted by Crippen LogP contribution is -2.11. The second-order valence-electron chi connectivity index (χ2n) is 6.90. The van der Waals surface area contributed by atoms with Crippen LogP contribution in [-0.2, 0) is 4.74 Å². The molecule has 0 saturated carbocycles. The van der Waals surface area contributed by atoms with Crippen LogP contribution in [0.2, 0.25) is 0 Å². The highest BCUT2D eigenvalue weighted by Crippen LogP contribution is 2.41. The number of hydrogen-bond acceptors (Lipinski definition) is 9. The lowest BCUT2D eigenvalue weighted by atomic mass is 10.0. The largest absolute Gasteiger partial charge is 0.493 e. The van der Waals surface area contributed by atoms with Gasteiger partial charge in [-0.05, 0) is 12.5 Å². The Morgan fingerprint density at radius 3 is 2.32 bits per heavy atom. The third kappa shape index (κ3) is 4.09. The number of hydrogen-bond donors (Lipinski definition) is 2. The zero-order valence-corrected chi connectivity index (χ0v) is 18.5. The summed E-state index contributed by atoms with van der Waals surface area (Å²) >= 11 is 1.37. The Kier molecular flexibility index (Phi) is 5.85. The summed E-state index contributed by atoms with van der Waals surface area (Å²) in [7, 11) is 4.70. The maximum atomic E-state index is 6.19. The molecule has 2 heterocycles. The number of nitrogens with one attached hydrogen (secondary N) is 1. The van der Waals surface area contributed by atoms with E-state index in [2.05, 4.69) is 15.3 Å². The van der Waals surface area contributed by atoms with Gasteiger partial charge in [0.25, 0.3) is 0 Å². The Balaban J connectivity index is 1.57. The van der Waals surface area contributed by atoms with Gasteiger partial charge in [-0.3, -0.25) is 0 Å². The summed E-state index contributed by atoms with van der Waals surface area (Å²) in [6, 6.07) is 13.6. The maximum Gasteiger partial charge on any atom is 0.231 e. The quantitative estimate of drug-likeness (QED) is 0.561. The standard InChI is InChI=1S/C22H24N4O4S/c1-12-17(13-8-6-5-7-9-13)30-21(24-12)19-20(23)26-22(31-19)25-14-10-15(27-2)18(29-4)16(11-14)28-3/h5-12,17H,23H2,1-4H3,(H,25,26). The average molecular weight is 441 g/mol. The monoisotopic (exact) mass is 440 g/mol. The van der Waals surface area contributed by atoms with Gasteiger partial charge in [0, 0.05) is 17.8 Å². The minimum absolute atomic E-state index is 0.0228. The van der Waals surface area contributed by atoms with Gasteiger partial charge in [0.1, 0.15) is 16.8 Å². The van der Waals surface area contributed by atoms with Gasteiger partial charge in [-0.1, -0.05) is 41.7 Å². The molecular weight excluding hydrogens is 416 g/mol. The fraction of sp³-hybridized carbons (Fsp3) is 0.273. The van der Waals surface area contributed by atoms with Crippen molar-refractivity contribution in [2.45, 2.75) is 19.1 Å². The van der Waals surface area contributed by atoms with Crippen LogP contribution in [-0.4, -0.2) is 38.3 Å². The molecule has 3 aromatic rings. The second-order valence-corrected chi connectivity index (χ2v) is 7.90. The normalized spacial score (nSPS) is 17.6. The van der Waals surface area contributed by atoms with E-state index in [4.69, 9.17) is 24.7 Å². The number of nitrogens with zero attached hydrogens (tertiary/aromatic N) is 2. The Labute approximate surface area is 184 Å². The molecule has 2 unspecified atom stereocenters. The van der Waals surface area contributed by atoms with Crippen molar-refractivity contribution in [3.05, 3.63) is 52.9 Å². The predicted octanol–water partition coefficient (Wildman–Crippen LogP) is 4.40. The summed E-state index contributed by atoms with van der Waals surface area (Å²) in [5.41, 5.74) is 7.99. The molecule has 0 fully saturated rings. The number of nitrogens with two attached hydrogens (primary N) is 1. The van der Waals surface area contributed by atoms with E-state index in [-0.39, 0.29) is 12.1 Å². The molecule has 1 aromatic heterocycles. The van der Waals surface area contributed by atoms with Gasteiger partial charge in [0.2, 0.25) is 11.6 Å². The van der Waals surface area contributed by atoms with Crippen LogP contribution in [0.4, 0.5) is 16.6 Å². The first-order valence-corrected chi connectivity index (χ1v) is 10.5. The lowest BCUT2D eigenvalue weighted by molar-refractivity contribution is 0.203. The fourth-order valence-electron chi connectivity index (χ4n) is 3.42. The van der Waals surface area contributed by atoms with Crippen LogP contribution in [0.1, 0.15) is 23.5 Å². The van der Waals surface area contributed by atoms with E-state index in [1.165, 1.54) is 11.3 Å². The first kappa shape index (κ1) is 20.8. The molecule has 0 spiro atoms. The number of aliphatic imine (C=N–C) groups is 1. The van der Waals surface area contributed by atoms with Crippen molar-refractivity contribution in [2.75, 3.05) is 32.4 Å². The zero-order chi connectivity index (χ0) is 22.0. The van der Waals surface area contributed by atoms with Gasteiger partial charge in [0.15, 0.2) is 16.6 Å². The number of nitrogen functional groups attached to an aromatic ring is 1. The Hall–Kier alpha value is -3.46. The molecule has 3 N–H and O–H groups in total. The topological polar surface area (TPSA) is 100 Å². The third-order valence-electron chi connectivity index (χ3n) is 4.89. The van der Waals surface area contributed by atoms with Crippen LogP contribution < -0.4 is 25.3 Å². The van der Waals surface area contributed by atoms with Gasteiger partial charge in [-0.25, -0.2) is 9.98 Å². The Morgan fingerprint density at radius 2 is 1.71 bits per heavy atom. The summed E-state index contributed by atoms with van der Waals surface area (Å²) < 4.78 is 22.3. The van der Waals surface area contributed by atoms with E-state index in [1.807, 2.05) is 37.3 Å². The summed E-state index contributed by atoms with van der Waals surface area (Å²) in [6.45, 7) is 2.02. The summed E-state index contributed by atoms with van der Waals surface area (Å²) in [4.78, 5) is 9.81. The van der Waals surface area contributed by atoms with Crippen LogP contribution in [0, 0.1) is 0 Å². The number of benzene rings is 2. The number of rotatable bonds is 7. The molecule has 0 bridgehead atoms. The van der Waals surface area contributed by atoms with Gasteiger partial charge in [0.05, 0.1) is 27.4 Å². The van der Waals surface area contributed by atoms with Crippen molar-refractivity contribution in [2.24, 2.45) is 4.99 Å². The molecule has 0 radical (unpaired) electrons. The minimum Gasteiger partial charge on any atom is -0.493 e. The molecule has 4 rings (SSSR count). The van der Waals surface area contributed by atoms with Crippen molar-refractivity contribution in [3.63, 3.8) is 0 Å². The van der Waals surface area contributed by atoms with Gasteiger partial charge < -0.3 is 30.0 Å². The highest BCUT2D eigenvalue weighted by Gasteiger charge is 2.32. The van der Waals surface area contributed by atoms with Crippen molar-refractivity contribution in [3.8, 4) is 17.2 Å². The van der Waals surface area contributed by atoms with E-state index in [0.29, 0.717) is 39.0 Å². The van der Waals surface area contributed by atoms with Gasteiger partial charge in [-0.2, -0.15) is 0 Å². The first-order chi connectivity index (χ1) is 15.0. The summed E-state index contributed by atoms with van der Waals surface area (Å²) in [5.74, 6) is 2.47. The molecule has 9 heteroatoms. The molecule has 0 aliphatic carbocycles. The molecule has 2 aromatic carbocycles. The van der Waals surface area contributed by atoms with Crippen molar-refractivity contribution in [1.82, 2.24) is 4.98 Å². The van der Waals surface area contributed by atoms with Crippen molar-refractivity contribution in [1.29, 1.82) is 0 Å². The average Bonchev–Trinajstić information content (AvgIpc) is 3.35. The maximum absolute atomic E-state index is 6.19. The van der Waals surface area contributed by atoms with Gasteiger partial charge >= 0.3 is 0 Å². The molecular formula is C22H24N4O4S. The number of thiazole rings is 1. The van der Waals surface area contributed by atoms with Crippen LogP contribution in [0.15, 0.2) is 47.5 Å². The Bertz CT molecular complexity index is 1080. The highest BCUT2D eigenvalue weighted by molar-refractivity contribution is 7.18. The molecule has 1 aliphatic rings. The minimum atomic E-state index is -0.149. The van der Waals surface area contributed by atoms with E-state index in [0.717, 1.165) is 11.3 Å². The number of anilines is 3. The molecule has 8 nitrogen and oxygen atoms in total. The van der Waals surface area contributed by atoms with E-state index in [1.54, 1.807) is 33.5 Å². The van der Waals surface area contributed by atoms with Crippen LogP contribution in [0.5, 0.6) is 17.2 Å². The Morgan fingerprint density at radius 1 is 1.03 bits per heavy atom. The predicted molar refractivity (Wildman–Crippen MR) is 122 cm³/mol. The van der Waals surface area contributed by atoms with Crippen LogP contribution in [0.25, 0.3) is 0 Å². The lowest BCUT2D eigenvalue weighted by Gasteiger charge is -2.14. The molecule has 2 atom stereocenters. The molecule has 0 amide bonds. The number of aromatic nitrogens is 1. The SMILES string of the molecule is COc1cc(Nc2nc(N)c(C3=NC(C)C(c4ccccc4)O3)s2)cc(OC)c1OC. The van der Waals surface area contributed by atoms with Gasteiger partial charge in [-0.15, -0.1) is 0 Å². The summed E-state index contributed by atoms with van der Waals surface area (Å²) in [5, 5.41) is 3.85. The van der Waals surface area contributed by atoms with Crippen molar-refractivity contribution >= 4 is 33.9 Å². The highest BCUT2D eigenvalue weighted by atomic mass is 32.1. The number of ether oxygens (including phenoxy) is 4. The third-order valence-corrected chi connectivity index (χ3v) is 5.86. The smallest absolute Gasteiger partial charge is 0.231 e. The molecule has 1 aliphatic heterocycles. The van der Waals surface area contributed by atoms with Crippen LogP contribution in [0.3, 0.4) is 0 Å². The van der Waals surface area contributed by atoms with Crippen LogP contribution >= 0.6 is 11.3 Å². The van der Waals surface area contributed by atoms with Crippen molar-refractivity contribution < 1.29 is 18.9 Å². The van der Waals surface area contributed by atoms with E-state index >= 15 is 0 Å². The van der Waals surface area contributed by atoms with E-state index in [9.17, 15) is 0 Å². The first-order valence-electron chi connectivity index (χ1n) is 9.67.